The van der Waals surface area contributed by atoms with Crippen LogP contribution in [0.5, 0.6) is 28.7 Å². The highest BCUT2D eigenvalue weighted by Gasteiger charge is 2.30. The Labute approximate surface area is 709 Å². The van der Waals surface area contributed by atoms with Crippen molar-refractivity contribution in [2.24, 2.45) is 19.8 Å². The van der Waals surface area contributed by atoms with Gasteiger partial charge in [0.05, 0.1) is 122 Å². The first-order valence-electron chi connectivity index (χ1n) is 34.8. The number of ether oxygens (including phenoxy) is 5. The number of nitrogen functional groups attached to an aromatic ring is 5. The lowest BCUT2D eigenvalue weighted by Crippen LogP contribution is -2.19. The molecule has 0 aliphatic carbocycles. The number of rotatable bonds is 15. The van der Waals surface area contributed by atoms with E-state index in [4.69, 9.17) is 151 Å². The average molecular weight is 1770 g/mol. The summed E-state index contributed by atoms with van der Waals surface area (Å²) in [7, 11) is 10.5. The van der Waals surface area contributed by atoms with Gasteiger partial charge in [-0.05, 0) is 99.9 Å². The van der Waals surface area contributed by atoms with Gasteiger partial charge in [-0.2, -0.15) is 0 Å². The number of hydrogen-bond acceptors (Lipinski definition) is 25. The largest absolute Gasteiger partial charge is 0.494 e. The Morgan fingerprint density at radius 1 is 0.534 bits per heavy atom. The van der Waals surface area contributed by atoms with Gasteiger partial charge >= 0.3 is 0 Å². The molecule has 2 aliphatic heterocycles. The van der Waals surface area contributed by atoms with Gasteiger partial charge in [0.15, 0.2) is 23.1 Å². The molecule has 116 heavy (non-hydrogen) atoms. The van der Waals surface area contributed by atoms with Crippen molar-refractivity contribution < 1.29 is 32.5 Å². The Bertz CT molecular complexity index is 6400. The third-order valence-electron chi connectivity index (χ3n) is 18.0. The molecule has 15 aromatic rings. The van der Waals surface area contributed by atoms with Gasteiger partial charge in [-0.25, -0.2) is 58.6 Å². The Morgan fingerprint density at radius 2 is 0.957 bits per heavy atom. The summed E-state index contributed by atoms with van der Waals surface area (Å²) in [6, 6.07) is 21.6. The number of anilines is 5. The summed E-state index contributed by atoms with van der Waals surface area (Å²) in [6.45, 7) is 13.1. The van der Waals surface area contributed by atoms with Crippen LogP contribution in [0.1, 0.15) is 27.8 Å². The third-order valence-corrected chi connectivity index (χ3v) is 22.6. The topological polar surface area (TPSA) is 372 Å². The summed E-state index contributed by atoms with van der Waals surface area (Å²) in [4.78, 5) is 51.4. The van der Waals surface area contributed by atoms with Gasteiger partial charge in [-0.1, -0.05) is 106 Å². The van der Waals surface area contributed by atoms with E-state index in [1.807, 2.05) is 85.8 Å². The number of nitrogens with one attached hydrogen (secondary N) is 2. The summed E-state index contributed by atoms with van der Waals surface area (Å²) < 4.78 is 58.2. The lowest BCUT2D eigenvalue weighted by Gasteiger charge is -2.14. The lowest BCUT2D eigenvalue weighted by molar-refractivity contribution is 0.261. The fourth-order valence-corrected chi connectivity index (χ4v) is 17.0. The molecule has 0 fully saturated rings. The van der Waals surface area contributed by atoms with Crippen molar-refractivity contribution in [2.75, 3.05) is 89.9 Å². The van der Waals surface area contributed by atoms with Crippen LogP contribution in [0.15, 0.2) is 111 Å². The minimum Gasteiger partial charge on any atom is -0.494 e. The van der Waals surface area contributed by atoms with Crippen molar-refractivity contribution in [2.45, 2.75) is 19.8 Å². The van der Waals surface area contributed by atoms with E-state index in [9.17, 15) is 8.78 Å². The normalized spacial score (nSPS) is 11.9. The molecule has 0 atom stereocenters. The van der Waals surface area contributed by atoms with Gasteiger partial charge in [0.1, 0.15) is 50.6 Å². The number of likely N-dealkylation sites (N-methyl/N-ethyl adjacent to an activating group) is 1. The summed E-state index contributed by atoms with van der Waals surface area (Å²) in [6.07, 6.45) is 6.89. The van der Waals surface area contributed by atoms with Crippen LogP contribution >= 0.6 is 115 Å². The van der Waals surface area contributed by atoms with Gasteiger partial charge in [0, 0.05) is 120 Å². The number of benzene rings is 5. The molecule has 0 saturated heterocycles. The minimum atomic E-state index is -0.536. The Balaban J connectivity index is 0.000000127. The molecule has 2 aliphatic rings. The molecule has 0 unspecified atom stereocenters. The molecular formula is C78H69Cl8F2N21O5S2. The number of thiophene rings is 2. The van der Waals surface area contributed by atoms with E-state index >= 15 is 0 Å². The van der Waals surface area contributed by atoms with Crippen molar-refractivity contribution >= 4 is 210 Å². The number of hydrogen-bond donors (Lipinski definition) is 8. The van der Waals surface area contributed by atoms with Gasteiger partial charge in [-0.15, -0.1) is 22.7 Å². The zero-order valence-corrected chi connectivity index (χ0v) is 70.2. The van der Waals surface area contributed by atoms with Crippen LogP contribution in [0.3, 0.4) is 0 Å². The molecule has 10 aromatic heterocycles. The van der Waals surface area contributed by atoms with E-state index in [0.717, 1.165) is 94.2 Å². The fourth-order valence-electron chi connectivity index (χ4n) is 12.8. The van der Waals surface area contributed by atoms with Gasteiger partial charge in [-0.3, -0.25) is 0 Å². The highest BCUT2D eigenvalue weighted by Crippen LogP contribution is 2.50. The molecule has 0 spiro atoms. The number of halogens is 10. The smallest absolute Gasteiger partial charge is 0.221 e. The number of aryl methyl sites for hydroxylation is 2. The van der Waals surface area contributed by atoms with Crippen LogP contribution in [0.2, 0.25) is 40.2 Å². The van der Waals surface area contributed by atoms with Crippen molar-refractivity contribution in [3.63, 3.8) is 0 Å². The lowest BCUT2D eigenvalue weighted by atomic mass is 10.00. The van der Waals surface area contributed by atoms with Crippen LogP contribution in [0, 0.1) is 11.6 Å². The van der Waals surface area contributed by atoms with Crippen LogP contribution in [0.4, 0.5) is 38.5 Å². The zero-order valence-electron chi connectivity index (χ0n) is 62.5. The maximum Gasteiger partial charge on any atom is 0.221 e. The SMILES string of the molecule is C=C(N)c1cc2c(-c3c(Cl)cc(Cl)c4c3CCO4)nc(N)nc2s1.C=C(NCC)c1cc2c(-c3c(Cl)cc(Cl)c4c3CCO4)nc(N)nc2s1.CN(C)CCOc1cc(-c2nc(N)nc3ccn(C)c23)c(Cl)cc1Cl.COc1cc(-c2nc(N)nc3cc[nH]c23)c(Cl)cc1F.COc1cc(-c2nc(N)nc3ccn(C)c23)c(Cl)cc1F. The number of methoxy groups -OCH3 is 2. The maximum absolute atomic E-state index is 13.7. The minimum absolute atomic E-state index is 0.0845. The summed E-state index contributed by atoms with van der Waals surface area (Å²) in [5.41, 5.74) is 49.0. The molecule has 598 valence electrons. The quantitative estimate of drug-likeness (QED) is 0.0472. The van der Waals surface area contributed by atoms with E-state index in [2.05, 4.69) is 73.3 Å². The molecule has 12 heterocycles. The predicted octanol–water partition coefficient (Wildman–Crippen LogP) is 18.4. The van der Waals surface area contributed by atoms with E-state index in [1.54, 1.807) is 36.5 Å². The zero-order chi connectivity index (χ0) is 83.0. The van der Waals surface area contributed by atoms with E-state index in [-0.39, 0.29) is 51.3 Å². The summed E-state index contributed by atoms with van der Waals surface area (Å²) in [5, 5.41) is 8.36. The molecule has 5 aromatic carbocycles. The Hall–Kier alpha value is -10.7. The molecule has 14 N–H and O–H groups in total. The number of fused-ring (bicyclic) bond motifs is 7. The Kier molecular flexibility index (Phi) is 25.1. The molecular weight excluding hydrogens is 1700 g/mol. The van der Waals surface area contributed by atoms with E-state index in [1.165, 1.54) is 61.2 Å². The summed E-state index contributed by atoms with van der Waals surface area (Å²) in [5.74, 6) is 1.80. The highest BCUT2D eigenvalue weighted by atomic mass is 35.5. The first-order chi connectivity index (χ1) is 55.4. The second-order valence-corrected chi connectivity index (χ2v) is 31.3. The predicted molar refractivity (Wildman–Crippen MR) is 466 cm³/mol. The molecule has 0 amide bonds. The number of aromatic nitrogens is 13. The monoisotopic (exact) mass is 1760 g/mol. The van der Waals surface area contributed by atoms with E-state index in [0.29, 0.717) is 141 Å². The molecule has 0 radical (unpaired) electrons. The van der Waals surface area contributed by atoms with Crippen molar-refractivity contribution in [3.8, 4) is 85.0 Å². The molecule has 17 rings (SSSR count). The van der Waals surface area contributed by atoms with Gasteiger partial charge in [0.2, 0.25) is 29.7 Å². The van der Waals surface area contributed by atoms with Crippen LogP contribution in [-0.4, -0.2) is 130 Å². The number of nitrogens with zero attached hydrogens (tertiary/aromatic N) is 13. The van der Waals surface area contributed by atoms with Crippen LogP contribution in [0.25, 0.3) is 121 Å². The Morgan fingerprint density at radius 3 is 1.43 bits per heavy atom. The summed E-state index contributed by atoms with van der Waals surface area (Å²) >= 11 is 53.5. The molecule has 0 saturated carbocycles. The van der Waals surface area contributed by atoms with Crippen molar-refractivity contribution in [1.82, 2.24) is 74.2 Å². The van der Waals surface area contributed by atoms with Crippen LogP contribution < -0.4 is 63.4 Å². The van der Waals surface area contributed by atoms with Crippen molar-refractivity contribution in [3.05, 3.63) is 183 Å². The highest BCUT2D eigenvalue weighted by molar-refractivity contribution is 7.20. The second-order valence-electron chi connectivity index (χ2n) is 26.0. The molecule has 0 bridgehead atoms. The first kappa shape index (κ1) is 83.2. The first-order valence-corrected chi connectivity index (χ1v) is 39.5. The van der Waals surface area contributed by atoms with Gasteiger partial charge < -0.3 is 82.4 Å². The fraction of sp³-hybridized carbons (Fsp3) is 0.179. The third kappa shape index (κ3) is 17.2. The molecule has 38 heteroatoms. The van der Waals surface area contributed by atoms with Crippen molar-refractivity contribution in [1.29, 1.82) is 0 Å². The average Bonchev–Trinajstić information content (AvgIpc) is 1.56. The number of H-pyrrole nitrogens is 1. The number of nitrogens with two attached hydrogens (primary N) is 6. The van der Waals surface area contributed by atoms with E-state index < -0.39 is 11.6 Å². The molecule has 26 nitrogen and oxygen atoms in total. The number of aromatic amines is 1. The van der Waals surface area contributed by atoms with Crippen LogP contribution in [-0.2, 0) is 26.9 Å². The standard InChI is InChI=1S/C18H16Cl2N4OS.C17H19Cl2N5O.C16H12Cl2N4OS.C14H12ClFN4O.C13H10ClFN4O/c1-3-22-8(2)13-6-10-15(23-18(21)24-17(10)26-13)14-9-4-5-25-16(9)12(20)7-11(14)19;1-23(2)6-7-25-14-8-10(11(18)9-12(14)19)15-16-13(4-5-24(16)3)21-17(20)22-15;1-6(19)11-4-8-13(21-16(20)22-15(8)24-11)12-7-2-3-23-14(7)10(18)5-9(12)17;1-20-4-3-10-13(20)12(19-14(17)18-10)7-5-11(21-2)9(16)6-8(7)15;1-20-10-4-6(7(14)5-8(10)15)11-12-9(2-3-17-12)18-13(16)19-11/h6-7,22H,2-5H2,1H3,(H2,21,23,24);4-5,8-9H,6-7H2,1-3H3,(H2,20,21,22);4-5H,1-3,19H2,(H2,20,21,22);3-6H,1-2H3,(H2,17,18,19);2-5,17H,1H3,(H2,16,18,19). The second kappa shape index (κ2) is 35.0. The van der Waals surface area contributed by atoms with Gasteiger partial charge in [0.25, 0.3) is 0 Å². The maximum atomic E-state index is 13.7.